The Morgan fingerprint density at radius 3 is 2.97 bits per heavy atom. The number of benzene rings is 1. The van der Waals surface area contributed by atoms with Gasteiger partial charge in [-0.15, -0.1) is 35.3 Å². The van der Waals surface area contributed by atoms with Gasteiger partial charge in [0.1, 0.15) is 6.33 Å². The summed E-state index contributed by atoms with van der Waals surface area (Å²) in [5.74, 6) is 1.55. The number of thiophene rings is 1. The number of hydrogen-bond donors (Lipinski definition) is 3. The van der Waals surface area contributed by atoms with Crippen LogP contribution in [0.1, 0.15) is 23.4 Å². The van der Waals surface area contributed by atoms with E-state index < -0.39 is 0 Å². The fraction of sp³-hybridized carbons (Fsp3) is 0.409. The molecule has 1 aromatic carbocycles. The van der Waals surface area contributed by atoms with Crippen LogP contribution < -0.4 is 10.6 Å². The van der Waals surface area contributed by atoms with Gasteiger partial charge in [0.2, 0.25) is 0 Å². The third-order valence-corrected chi connectivity index (χ3v) is 6.32. The van der Waals surface area contributed by atoms with E-state index in [0.29, 0.717) is 12.6 Å². The molecule has 3 N–H and O–H groups in total. The van der Waals surface area contributed by atoms with Crippen molar-refractivity contribution in [3.8, 4) is 11.4 Å². The highest BCUT2D eigenvalue weighted by Crippen LogP contribution is 2.26. The molecule has 0 bridgehead atoms. The number of morpholine rings is 1. The van der Waals surface area contributed by atoms with Crippen molar-refractivity contribution in [2.45, 2.75) is 25.6 Å². The van der Waals surface area contributed by atoms with E-state index in [2.05, 4.69) is 72.3 Å². The molecule has 2 atom stereocenters. The Morgan fingerprint density at radius 2 is 2.25 bits per heavy atom. The normalized spacial score (nSPS) is 18.1. The second kappa shape index (κ2) is 12.3. The van der Waals surface area contributed by atoms with Gasteiger partial charge >= 0.3 is 0 Å². The number of ether oxygens (including phenoxy) is 1. The Balaban J connectivity index is 0.00000289. The molecule has 2 unspecified atom stereocenters. The molecular formula is C22H30IN7OS. The molecule has 172 valence electrons. The Bertz CT molecular complexity index is 965. The maximum atomic E-state index is 5.74. The highest BCUT2D eigenvalue weighted by atomic mass is 127. The molecule has 1 aliphatic rings. The first-order valence-corrected chi connectivity index (χ1v) is 11.4. The molecule has 0 radical (unpaired) electrons. The molecule has 0 saturated carbocycles. The minimum atomic E-state index is 0. The summed E-state index contributed by atoms with van der Waals surface area (Å²) >= 11 is 1.80. The van der Waals surface area contributed by atoms with Gasteiger partial charge in [-0.25, -0.2) is 4.98 Å². The van der Waals surface area contributed by atoms with Crippen molar-refractivity contribution in [2.75, 3.05) is 33.3 Å². The second-order valence-corrected chi connectivity index (χ2v) is 8.53. The van der Waals surface area contributed by atoms with Gasteiger partial charge in [-0.2, -0.15) is 5.10 Å². The number of aromatic amines is 1. The first-order chi connectivity index (χ1) is 15.2. The summed E-state index contributed by atoms with van der Waals surface area (Å²) in [5, 5.41) is 15.9. The lowest BCUT2D eigenvalue weighted by Gasteiger charge is -2.37. The lowest BCUT2D eigenvalue weighted by atomic mass is 10.1. The van der Waals surface area contributed by atoms with Crippen LogP contribution in [0.3, 0.4) is 0 Å². The number of aromatic nitrogens is 3. The van der Waals surface area contributed by atoms with Gasteiger partial charge < -0.3 is 15.4 Å². The van der Waals surface area contributed by atoms with Gasteiger partial charge in [0, 0.05) is 43.7 Å². The van der Waals surface area contributed by atoms with Crippen molar-refractivity contribution >= 4 is 41.3 Å². The second-order valence-electron chi connectivity index (χ2n) is 7.55. The molecule has 0 amide bonds. The molecule has 32 heavy (non-hydrogen) atoms. The van der Waals surface area contributed by atoms with Crippen LogP contribution in [0.15, 0.2) is 53.1 Å². The predicted octanol–water partition coefficient (Wildman–Crippen LogP) is 3.28. The topological polar surface area (TPSA) is 90.5 Å². The monoisotopic (exact) mass is 567 g/mol. The average Bonchev–Trinajstić information content (AvgIpc) is 3.51. The van der Waals surface area contributed by atoms with Crippen LogP contribution in [0.2, 0.25) is 0 Å². The summed E-state index contributed by atoms with van der Waals surface area (Å²) in [5.41, 5.74) is 2.16. The molecule has 2 aromatic heterocycles. The number of halogens is 1. The minimum absolute atomic E-state index is 0. The van der Waals surface area contributed by atoms with Gasteiger partial charge in [-0.3, -0.25) is 15.0 Å². The molecule has 0 aliphatic carbocycles. The van der Waals surface area contributed by atoms with Crippen molar-refractivity contribution in [1.82, 2.24) is 30.7 Å². The Morgan fingerprint density at radius 1 is 1.34 bits per heavy atom. The lowest BCUT2D eigenvalue weighted by molar-refractivity contribution is -0.0334. The molecule has 8 nitrogen and oxygen atoms in total. The molecule has 0 spiro atoms. The summed E-state index contributed by atoms with van der Waals surface area (Å²) in [7, 11) is 1.80. The van der Waals surface area contributed by atoms with E-state index in [1.165, 1.54) is 11.2 Å². The smallest absolute Gasteiger partial charge is 0.191 e. The van der Waals surface area contributed by atoms with Crippen LogP contribution in [0, 0.1) is 0 Å². The van der Waals surface area contributed by atoms with Crippen LogP contribution in [0.4, 0.5) is 0 Å². The van der Waals surface area contributed by atoms with Gasteiger partial charge in [0.05, 0.1) is 18.8 Å². The zero-order valence-electron chi connectivity index (χ0n) is 18.3. The van der Waals surface area contributed by atoms with Crippen LogP contribution in [0.25, 0.3) is 11.4 Å². The van der Waals surface area contributed by atoms with E-state index in [1.807, 2.05) is 12.1 Å². The molecule has 4 rings (SSSR count). The van der Waals surface area contributed by atoms with E-state index in [9.17, 15) is 0 Å². The molecule has 1 aliphatic heterocycles. The lowest BCUT2D eigenvalue weighted by Crippen LogP contribution is -2.47. The summed E-state index contributed by atoms with van der Waals surface area (Å²) in [4.78, 5) is 12.5. The van der Waals surface area contributed by atoms with E-state index in [-0.39, 0.29) is 30.1 Å². The van der Waals surface area contributed by atoms with Crippen molar-refractivity contribution in [3.05, 3.63) is 58.5 Å². The fourth-order valence-corrected chi connectivity index (χ4v) is 4.65. The van der Waals surface area contributed by atoms with Crippen molar-refractivity contribution in [1.29, 1.82) is 0 Å². The molecule has 1 fully saturated rings. The molecule has 1 saturated heterocycles. The van der Waals surface area contributed by atoms with Crippen molar-refractivity contribution in [3.63, 3.8) is 0 Å². The van der Waals surface area contributed by atoms with Gasteiger partial charge in [0.25, 0.3) is 0 Å². The Kier molecular flexibility index (Phi) is 9.45. The maximum absolute atomic E-state index is 5.74. The molecule has 3 heterocycles. The first-order valence-electron chi connectivity index (χ1n) is 10.5. The average molecular weight is 568 g/mol. The Hall–Kier alpha value is -2.02. The van der Waals surface area contributed by atoms with E-state index >= 15 is 0 Å². The number of H-pyrrole nitrogens is 1. The molecular weight excluding hydrogens is 537 g/mol. The number of guanidine groups is 1. The number of nitrogens with zero attached hydrogens (tertiary/aromatic N) is 4. The summed E-state index contributed by atoms with van der Waals surface area (Å²) in [6.07, 6.45) is 1.77. The fourth-order valence-electron chi connectivity index (χ4n) is 3.79. The van der Waals surface area contributed by atoms with E-state index in [4.69, 9.17) is 4.74 Å². The van der Waals surface area contributed by atoms with Gasteiger partial charge in [-0.1, -0.05) is 24.3 Å². The van der Waals surface area contributed by atoms with E-state index in [1.54, 1.807) is 18.4 Å². The third-order valence-electron chi connectivity index (χ3n) is 5.35. The molecule has 3 aromatic rings. The van der Waals surface area contributed by atoms with Crippen LogP contribution in [0.5, 0.6) is 0 Å². The SMILES string of the molecule is CN=C(NCc1cccc(-c2ncn[nH]2)c1)NCC(c1cccs1)N1CCOC(C)C1.I. The summed E-state index contributed by atoms with van der Waals surface area (Å²) in [6, 6.07) is 12.9. The number of nitrogens with one attached hydrogen (secondary N) is 3. The number of aliphatic imine (C=N–C) groups is 1. The predicted molar refractivity (Wildman–Crippen MR) is 139 cm³/mol. The molecule has 10 heteroatoms. The number of hydrogen-bond acceptors (Lipinski definition) is 6. The quantitative estimate of drug-likeness (QED) is 0.231. The van der Waals surface area contributed by atoms with E-state index in [0.717, 1.165) is 49.2 Å². The minimum Gasteiger partial charge on any atom is -0.376 e. The third kappa shape index (κ3) is 6.50. The van der Waals surface area contributed by atoms with Gasteiger partial charge in [-0.05, 0) is 30.0 Å². The maximum Gasteiger partial charge on any atom is 0.191 e. The van der Waals surface area contributed by atoms with Crippen molar-refractivity contribution in [2.24, 2.45) is 4.99 Å². The van der Waals surface area contributed by atoms with Crippen LogP contribution in [-0.4, -0.2) is 65.4 Å². The Labute approximate surface area is 209 Å². The van der Waals surface area contributed by atoms with Crippen molar-refractivity contribution < 1.29 is 4.74 Å². The highest BCUT2D eigenvalue weighted by Gasteiger charge is 2.26. The largest absolute Gasteiger partial charge is 0.376 e. The zero-order valence-corrected chi connectivity index (χ0v) is 21.5. The standard InChI is InChI=1S/C22H29N7OS.HI/c1-16-14-29(8-9-30-16)19(20-7-4-10-31-20)13-25-22(23-2)24-12-17-5-3-6-18(11-17)21-26-15-27-28-21;/h3-7,10-11,15-16,19H,8-9,12-14H2,1-2H3,(H2,23,24,25)(H,26,27,28);1H. The summed E-state index contributed by atoms with van der Waals surface area (Å²) < 4.78 is 5.74. The highest BCUT2D eigenvalue weighted by molar-refractivity contribution is 14.0. The summed E-state index contributed by atoms with van der Waals surface area (Å²) in [6.45, 7) is 6.24. The zero-order chi connectivity index (χ0) is 21.5. The first kappa shape index (κ1) is 24.6. The van der Waals surface area contributed by atoms with Crippen LogP contribution >= 0.6 is 35.3 Å². The number of rotatable bonds is 7. The van der Waals surface area contributed by atoms with Gasteiger partial charge in [0.15, 0.2) is 11.8 Å². The van der Waals surface area contributed by atoms with Crippen LogP contribution in [-0.2, 0) is 11.3 Å².